The van der Waals surface area contributed by atoms with Crippen LogP contribution in [0.5, 0.6) is 0 Å². The standard InChI is InChI=1S/C20H22N4O6S4/c1-12(34(30)13-4-6-31-8-13)7-14(25)21-16-17(26)23-9-20(19(27)28,11-33-18(16)23)10-32-15-3-2-5-24(29)22-15/h2-6,8,12,16,18H,7,9-11H2,1H3,(H,21,25)(H,27,28)/t12?,16?,18-,20?,34?/m1/s1. The van der Waals surface area contributed by atoms with Gasteiger partial charge in [0.05, 0.1) is 6.42 Å². The van der Waals surface area contributed by atoms with Crippen molar-refractivity contribution in [1.82, 2.24) is 15.3 Å². The summed E-state index contributed by atoms with van der Waals surface area (Å²) in [6.45, 7) is 1.74. The van der Waals surface area contributed by atoms with E-state index in [1.807, 2.05) is 5.38 Å². The van der Waals surface area contributed by atoms with E-state index in [2.05, 4.69) is 10.4 Å². The van der Waals surface area contributed by atoms with Crippen molar-refractivity contribution in [2.75, 3.05) is 18.1 Å². The van der Waals surface area contributed by atoms with Gasteiger partial charge in [0.15, 0.2) is 9.92 Å². The molecule has 34 heavy (non-hydrogen) atoms. The summed E-state index contributed by atoms with van der Waals surface area (Å²) in [4.78, 5) is 40.0. The van der Waals surface area contributed by atoms with Crippen LogP contribution in [0.25, 0.3) is 0 Å². The number of amides is 2. The molecule has 4 unspecified atom stereocenters. The first-order valence-electron chi connectivity index (χ1n) is 10.3. The largest absolute Gasteiger partial charge is 0.611 e. The summed E-state index contributed by atoms with van der Waals surface area (Å²) in [6.07, 6.45) is 1.26. The van der Waals surface area contributed by atoms with Crippen LogP contribution in [-0.4, -0.2) is 72.2 Å². The lowest BCUT2D eigenvalue weighted by molar-refractivity contribution is -0.673. The summed E-state index contributed by atoms with van der Waals surface area (Å²) in [5, 5.41) is 31.1. The molecule has 2 fully saturated rings. The molecule has 2 aromatic rings. The van der Waals surface area contributed by atoms with Gasteiger partial charge in [-0.1, -0.05) is 16.6 Å². The highest BCUT2D eigenvalue weighted by molar-refractivity contribution is 8.00. The quantitative estimate of drug-likeness (QED) is 0.155. The fourth-order valence-electron chi connectivity index (χ4n) is 3.73. The van der Waals surface area contributed by atoms with Gasteiger partial charge in [0.25, 0.3) is 0 Å². The number of aliphatic carboxylic acids is 1. The zero-order chi connectivity index (χ0) is 24.5. The number of hydrogen-bond donors (Lipinski definition) is 2. The van der Waals surface area contributed by atoms with E-state index >= 15 is 0 Å². The van der Waals surface area contributed by atoms with Gasteiger partial charge in [-0.05, 0) is 29.5 Å². The number of thiophene rings is 1. The van der Waals surface area contributed by atoms with Crippen LogP contribution < -0.4 is 10.2 Å². The molecule has 0 spiro atoms. The number of thioether (sulfide) groups is 2. The normalized spacial score (nSPS) is 25.7. The predicted molar refractivity (Wildman–Crippen MR) is 129 cm³/mol. The minimum atomic E-state index is -1.31. The summed E-state index contributed by atoms with van der Waals surface area (Å²) >= 11 is 2.59. The highest BCUT2D eigenvalue weighted by Gasteiger charge is 2.57. The highest BCUT2D eigenvalue weighted by atomic mass is 32.2. The smallest absolute Gasteiger partial charge is 0.313 e. The lowest BCUT2D eigenvalue weighted by Crippen LogP contribution is -2.74. The lowest BCUT2D eigenvalue weighted by Gasteiger charge is -2.53. The average molecular weight is 543 g/mol. The van der Waals surface area contributed by atoms with Gasteiger partial charge in [0.2, 0.25) is 18.0 Å². The molecule has 2 saturated heterocycles. The molecule has 2 aromatic heterocycles. The Balaban J connectivity index is 1.33. The average Bonchev–Trinajstić information content (AvgIpc) is 3.35. The molecule has 0 radical (unpaired) electrons. The fraction of sp³-hybridized carbons (Fsp3) is 0.450. The Morgan fingerprint density at radius 1 is 1.50 bits per heavy atom. The number of carbonyl (C=O) groups is 3. The summed E-state index contributed by atoms with van der Waals surface area (Å²) in [6, 6.07) is 4.19. The van der Waals surface area contributed by atoms with E-state index in [0.29, 0.717) is 14.8 Å². The van der Waals surface area contributed by atoms with Gasteiger partial charge in [0.1, 0.15) is 22.1 Å². The van der Waals surface area contributed by atoms with Gasteiger partial charge in [0, 0.05) is 40.7 Å². The maximum Gasteiger partial charge on any atom is 0.313 e. The van der Waals surface area contributed by atoms with Gasteiger partial charge < -0.3 is 25.1 Å². The number of aromatic nitrogens is 2. The van der Waals surface area contributed by atoms with E-state index in [1.165, 1.54) is 40.3 Å². The number of β-lactam (4-membered cyclic amide) rings is 1. The van der Waals surface area contributed by atoms with Crippen molar-refractivity contribution < 1.29 is 28.9 Å². The van der Waals surface area contributed by atoms with Crippen LogP contribution in [-0.2, 0) is 25.6 Å². The summed E-state index contributed by atoms with van der Waals surface area (Å²) in [7, 11) is 0. The number of carboxylic acids is 1. The third kappa shape index (κ3) is 5.15. The number of hydrogen-bond acceptors (Lipinski definition) is 9. The summed E-state index contributed by atoms with van der Waals surface area (Å²) in [5.74, 6) is -1.32. The number of carboxylic acid groups (broad SMARTS) is 1. The number of nitrogens with one attached hydrogen (secondary N) is 1. The van der Waals surface area contributed by atoms with Crippen LogP contribution in [0.4, 0.5) is 0 Å². The highest BCUT2D eigenvalue weighted by Crippen LogP contribution is 2.44. The summed E-state index contributed by atoms with van der Waals surface area (Å²) < 4.78 is 12.5. The SMILES string of the molecule is CC(CC(=O)NC1C(=O)N2CC(CSc3ccc[n+]([O-])n3)(C(=O)O)CS[C@H]12)[S+]([O-])c1ccsc1. The van der Waals surface area contributed by atoms with Crippen LogP contribution in [0.1, 0.15) is 13.3 Å². The Morgan fingerprint density at radius 2 is 2.29 bits per heavy atom. The predicted octanol–water partition coefficient (Wildman–Crippen LogP) is 0.926. The van der Waals surface area contributed by atoms with Gasteiger partial charge in [-0.2, -0.15) is 0 Å². The van der Waals surface area contributed by atoms with Gasteiger partial charge in [-0.15, -0.1) is 23.1 Å². The molecule has 14 heteroatoms. The van der Waals surface area contributed by atoms with E-state index in [9.17, 15) is 29.3 Å². The Labute approximate surface area is 211 Å². The molecule has 4 heterocycles. The van der Waals surface area contributed by atoms with Gasteiger partial charge in [-0.3, -0.25) is 14.4 Å². The first kappa shape index (κ1) is 25.1. The van der Waals surface area contributed by atoms with Crippen molar-refractivity contribution in [2.45, 2.75) is 39.9 Å². The number of rotatable bonds is 9. The Kier molecular flexibility index (Phi) is 7.62. The molecular formula is C20H22N4O6S4. The van der Waals surface area contributed by atoms with Crippen LogP contribution in [0.2, 0.25) is 0 Å². The second kappa shape index (κ2) is 10.3. The van der Waals surface area contributed by atoms with Crippen molar-refractivity contribution in [3.8, 4) is 0 Å². The molecular weight excluding hydrogens is 521 g/mol. The minimum absolute atomic E-state index is 0.0149. The van der Waals surface area contributed by atoms with Crippen LogP contribution in [0, 0.1) is 10.6 Å². The van der Waals surface area contributed by atoms with Crippen LogP contribution in [0.15, 0.2) is 45.1 Å². The van der Waals surface area contributed by atoms with E-state index in [-0.39, 0.29) is 41.7 Å². The second-order valence-electron chi connectivity index (χ2n) is 8.11. The third-order valence-electron chi connectivity index (χ3n) is 5.63. The van der Waals surface area contributed by atoms with Crippen LogP contribution in [0.3, 0.4) is 0 Å². The van der Waals surface area contributed by atoms with Crippen molar-refractivity contribution in [1.29, 1.82) is 0 Å². The molecule has 0 aliphatic carbocycles. The molecule has 2 aliphatic rings. The van der Waals surface area contributed by atoms with E-state index < -0.39 is 33.9 Å². The van der Waals surface area contributed by atoms with Crippen molar-refractivity contribution in [3.63, 3.8) is 0 Å². The van der Waals surface area contributed by atoms with Crippen molar-refractivity contribution >= 4 is 63.8 Å². The first-order chi connectivity index (χ1) is 16.2. The Hall–Kier alpha value is -2.00. The van der Waals surface area contributed by atoms with Crippen molar-refractivity contribution in [3.05, 3.63) is 40.4 Å². The number of fused-ring (bicyclic) bond motifs is 1. The molecule has 5 atom stereocenters. The number of nitrogens with zero attached hydrogens (tertiary/aromatic N) is 3. The monoisotopic (exact) mass is 542 g/mol. The lowest BCUT2D eigenvalue weighted by atomic mass is 9.89. The van der Waals surface area contributed by atoms with Gasteiger partial charge >= 0.3 is 5.97 Å². The Morgan fingerprint density at radius 3 is 2.97 bits per heavy atom. The zero-order valence-electron chi connectivity index (χ0n) is 18.0. The molecule has 4 rings (SSSR count). The summed E-state index contributed by atoms with van der Waals surface area (Å²) in [5.41, 5.74) is -1.20. The fourth-order valence-corrected chi connectivity index (χ4v) is 8.57. The third-order valence-corrected chi connectivity index (χ3v) is 10.9. The number of carbonyl (C=O) groups excluding carboxylic acids is 2. The molecule has 0 saturated carbocycles. The Bertz CT molecular complexity index is 1070. The maximum absolute atomic E-state index is 12.7. The van der Waals surface area contributed by atoms with E-state index in [0.717, 1.165) is 11.8 Å². The zero-order valence-corrected chi connectivity index (χ0v) is 21.3. The van der Waals surface area contributed by atoms with E-state index in [1.54, 1.807) is 24.4 Å². The molecule has 0 aromatic carbocycles. The molecule has 2 aliphatic heterocycles. The van der Waals surface area contributed by atoms with Crippen LogP contribution >= 0.6 is 34.9 Å². The van der Waals surface area contributed by atoms with Gasteiger partial charge in [-0.25, -0.2) is 0 Å². The maximum atomic E-state index is 12.7. The molecule has 0 bridgehead atoms. The molecule has 2 amide bonds. The first-order valence-corrected chi connectivity index (χ1v) is 14.5. The molecule has 182 valence electrons. The topological polar surface area (TPSA) is 150 Å². The second-order valence-corrected chi connectivity index (χ2v) is 12.9. The molecule has 2 N–H and O–H groups in total. The molecule has 10 nitrogen and oxygen atoms in total. The van der Waals surface area contributed by atoms with E-state index in [4.69, 9.17) is 0 Å². The van der Waals surface area contributed by atoms with Crippen molar-refractivity contribution in [2.24, 2.45) is 5.41 Å². The minimum Gasteiger partial charge on any atom is -0.611 e.